The van der Waals surface area contributed by atoms with Gasteiger partial charge in [-0.1, -0.05) is 6.07 Å². The van der Waals surface area contributed by atoms with E-state index in [0.717, 1.165) is 0 Å². The van der Waals surface area contributed by atoms with Gasteiger partial charge in [-0.2, -0.15) is 0 Å². The summed E-state index contributed by atoms with van der Waals surface area (Å²) >= 11 is 0. The fraction of sp³-hybridized carbons (Fsp3) is 0.385. The van der Waals surface area contributed by atoms with Crippen LogP contribution in [-0.2, 0) is 9.47 Å². The van der Waals surface area contributed by atoms with Crippen molar-refractivity contribution in [2.45, 2.75) is 13.8 Å². The molecule has 1 rings (SSSR count). The molecule has 1 aromatic rings. The molecule has 0 fully saturated rings. The number of rotatable bonds is 5. The number of para-hydroxylation sites is 1. The van der Waals surface area contributed by atoms with E-state index < -0.39 is 11.9 Å². The Kier molecular flexibility index (Phi) is 5.17. The molecule has 5 heteroatoms. The monoisotopic (exact) mass is 252 g/mol. The topological polar surface area (TPSA) is 61.8 Å². The maximum Gasteiger partial charge on any atom is 0.341 e. The predicted octanol–water partition coefficient (Wildman–Crippen LogP) is 2.05. The minimum atomic E-state index is -0.527. The Morgan fingerprint density at radius 2 is 1.44 bits per heavy atom. The second kappa shape index (κ2) is 6.64. The molecule has 0 unspecified atom stereocenters. The first-order chi connectivity index (χ1) is 8.65. The first-order valence-corrected chi connectivity index (χ1v) is 5.66. The summed E-state index contributed by atoms with van der Waals surface area (Å²) in [6.45, 7) is 3.93. The quantitative estimate of drug-likeness (QED) is 0.750. The average molecular weight is 252 g/mol. The lowest BCUT2D eigenvalue weighted by molar-refractivity contribution is 0.0518. The highest BCUT2D eigenvalue weighted by molar-refractivity contribution is 6.00. The lowest BCUT2D eigenvalue weighted by Gasteiger charge is -2.11. The van der Waals surface area contributed by atoms with E-state index in [1.165, 1.54) is 7.11 Å². The molecule has 0 aliphatic heterocycles. The van der Waals surface area contributed by atoms with E-state index in [0.29, 0.717) is 0 Å². The number of carbonyl (C=O) groups is 2. The van der Waals surface area contributed by atoms with Crippen molar-refractivity contribution >= 4 is 11.9 Å². The molecule has 98 valence electrons. The SMILES string of the molecule is CCOC(=O)c1cccc(C(=O)OCC)c1OC. The highest BCUT2D eigenvalue weighted by Gasteiger charge is 2.21. The third-order valence-electron chi connectivity index (χ3n) is 2.21. The molecule has 0 saturated heterocycles. The summed E-state index contributed by atoms with van der Waals surface area (Å²) in [6, 6.07) is 4.67. The summed E-state index contributed by atoms with van der Waals surface area (Å²) in [7, 11) is 1.39. The lowest BCUT2D eigenvalue weighted by Crippen LogP contribution is -2.12. The van der Waals surface area contributed by atoms with E-state index in [9.17, 15) is 9.59 Å². The number of hydrogen-bond acceptors (Lipinski definition) is 5. The smallest absolute Gasteiger partial charge is 0.341 e. The molecule has 0 amide bonds. The van der Waals surface area contributed by atoms with Crippen molar-refractivity contribution in [1.29, 1.82) is 0 Å². The molecule has 0 aliphatic carbocycles. The fourth-order valence-corrected chi connectivity index (χ4v) is 1.50. The maximum absolute atomic E-state index is 11.7. The molecular formula is C13H16O5. The predicted molar refractivity (Wildman–Crippen MR) is 64.9 cm³/mol. The van der Waals surface area contributed by atoms with Gasteiger partial charge >= 0.3 is 11.9 Å². The minimum absolute atomic E-state index is 0.175. The average Bonchev–Trinajstić information content (AvgIpc) is 2.38. The van der Waals surface area contributed by atoms with Crippen LogP contribution in [0.4, 0.5) is 0 Å². The zero-order valence-electron chi connectivity index (χ0n) is 10.7. The van der Waals surface area contributed by atoms with Crippen LogP contribution < -0.4 is 4.74 Å². The van der Waals surface area contributed by atoms with Gasteiger partial charge in [0.25, 0.3) is 0 Å². The number of hydrogen-bond donors (Lipinski definition) is 0. The van der Waals surface area contributed by atoms with E-state index >= 15 is 0 Å². The maximum atomic E-state index is 11.7. The molecule has 0 heterocycles. The standard InChI is InChI=1S/C13H16O5/c1-4-17-12(14)9-7-6-8-10(11(9)16-3)13(15)18-5-2/h6-8H,4-5H2,1-3H3. The number of esters is 2. The molecule has 0 aliphatic rings. The lowest BCUT2D eigenvalue weighted by atomic mass is 10.1. The van der Waals surface area contributed by atoms with Crippen LogP contribution in [0.5, 0.6) is 5.75 Å². The number of benzene rings is 1. The molecule has 18 heavy (non-hydrogen) atoms. The molecule has 1 aromatic carbocycles. The third-order valence-corrected chi connectivity index (χ3v) is 2.21. The molecule has 0 saturated carbocycles. The first kappa shape index (κ1) is 14.0. The fourth-order valence-electron chi connectivity index (χ4n) is 1.50. The number of methoxy groups -OCH3 is 1. The van der Waals surface area contributed by atoms with Crippen molar-refractivity contribution in [3.63, 3.8) is 0 Å². The summed E-state index contributed by atoms with van der Waals surface area (Å²) in [5.41, 5.74) is 0.426. The van der Waals surface area contributed by atoms with Crippen molar-refractivity contribution in [3.8, 4) is 5.75 Å². The van der Waals surface area contributed by atoms with Crippen molar-refractivity contribution in [1.82, 2.24) is 0 Å². The normalized spacial score (nSPS) is 9.72. The summed E-state index contributed by atoms with van der Waals surface area (Å²) in [5, 5.41) is 0. The molecule has 0 bridgehead atoms. The van der Waals surface area contributed by atoms with Crippen LogP contribution in [0, 0.1) is 0 Å². The van der Waals surface area contributed by atoms with E-state index in [-0.39, 0.29) is 30.1 Å². The Labute approximate surface area is 106 Å². The third kappa shape index (κ3) is 3.00. The molecule has 0 radical (unpaired) electrons. The number of ether oxygens (including phenoxy) is 3. The highest BCUT2D eigenvalue weighted by atomic mass is 16.5. The Hall–Kier alpha value is -2.04. The molecule has 0 N–H and O–H groups in total. The Morgan fingerprint density at radius 1 is 1.00 bits per heavy atom. The Balaban J connectivity index is 3.17. The van der Waals surface area contributed by atoms with Crippen LogP contribution in [-0.4, -0.2) is 32.3 Å². The van der Waals surface area contributed by atoms with E-state index in [1.807, 2.05) is 0 Å². The minimum Gasteiger partial charge on any atom is -0.495 e. The summed E-state index contributed by atoms with van der Waals surface area (Å²) < 4.78 is 14.9. The van der Waals surface area contributed by atoms with Crippen LogP contribution in [0.15, 0.2) is 18.2 Å². The van der Waals surface area contributed by atoms with E-state index in [2.05, 4.69) is 0 Å². The second-order valence-electron chi connectivity index (χ2n) is 3.33. The Bertz CT molecular complexity index is 403. The van der Waals surface area contributed by atoms with Crippen LogP contribution in [0.25, 0.3) is 0 Å². The van der Waals surface area contributed by atoms with Gasteiger partial charge in [0.05, 0.1) is 20.3 Å². The Morgan fingerprint density at radius 3 is 1.78 bits per heavy atom. The van der Waals surface area contributed by atoms with E-state index in [4.69, 9.17) is 14.2 Å². The van der Waals surface area contributed by atoms with Crippen LogP contribution in [0.2, 0.25) is 0 Å². The molecule has 5 nitrogen and oxygen atoms in total. The van der Waals surface area contributed by atoms with Crippen LogP contribution >= 0.6 is 0 Å². The largest absolute Gasteiger partial charge is 0.495 e. The second-order valence-corrected chi connectivity index (χ2v) is 3.33. The van der Waals surface area contributed by atoms with Gasteiger partial charge in [-0.25, -0.2) is 9.59 Å². The number of carbonyl (C=O) groups excluding carboxylic acids is 2. The summed E-state index contributed by atoms with van der Waals surface area (Å²) in [6.07, 6.45) is 0. The first-order valence-electron chi connectivity index (χ1n) is 5.66. The van der Waals surface area contributed by atoms with Gasteiger partial charge in [-0.15, -0.1) is 0 Å². The van der Waals surface area contributed by atoms with Crippen LogP contribution in [0.3, 0.4) is 0 Å². The summed E-state index contributed by atoms with van der Waals surface area (Å²) in [4.78, 5) is 23.4. The van der Waals surface area contributed by atoms with Crippen molar-refractivity contribution < 1.29 is 23.8 Å². The van der Waals surface area contributed by atoms with Crippen molar-refractivity contribution in [2.24, 2.45) is 0 Å². The van der Waals surface area contributed by atoms with Gasteiger partial charge in [0.15, 0.2) is 0 Å². The zero-order chi connectivity index (χ0) is 13.5. The van der Waals surface area contributed by atoms with Gasteiger partial charge in [0.2, 0.25) is 0 Å². The van der Waals surface area contributed by atoms with Gasteiger partial charge < -0.3 is 14.2 Å². The molecule has 0 aromatic heterocycles. The molecule has 0 atom stereocenters. The molecule has 0 spiro atoms. The van der Waals surface area contributed by atoms with Crippen molar-refractivity contribution in [3.05, 3.63) is 29.3 Å². The molecular weight excluding hydrogens is 236 g/mol. The zero-order valence-corrected chi connectivity index (χ0v) is 10.7. The van der Waals surface area contributed by atoms with Crippen LogP contribution in [0.1, 0.15) is 34.6 Å². The van der Waals surface area contributed by atoms with Gasteiger partial charge in [-0.05, 0) is 26.0 Å². The van der Waals surface area contributed by atoms with Gasteiger partial charge in [0, 0.05) is 0 Å². The van der Waals surface area contributed by atoms with Crippen molar-refractivity contribution in [2.75, 3.05) is 20.3 Å². The van der Waals surface area contributed by atoms with Gasteiger partial charge in [-0.3, -0.25) is 0 Å². The summed E-state index contributed by atoms with van der Waals surface area (Å²) in [5.74, 6) is -0.879. The highest BCUT2D eigenvalue weighted by Crippen LogP contribution is 2.25. The van der Waals surface area contributed by atoms with E-state index in [1.54, 1.807) is 32.0 Å². The van der Waals surface area contributed by atoms with Gasteiger partial charge in [0.1, 0.15) is 16.9 Å².